The van der Waals surface area contributed by atoms with Crippen LogP contribution in [0.3, 0.4) is 0 Å². The normalized spacial score (nSPS) is 10.8. The fraction of sp³-hybridized carbons (Fsp3) is 0.357. The van der Waals surface area contributed by atoms with Crippen molar-refractivity contribution in [2.45, 2.75) is 33.0 Å². The molecule has 4 nitrogen and oxygen atoms in total. The Morgan fingerprint density at radius 2 is 2.11 bits per heavy atom. The summed E-state index contributed by atoms with van der Waals surface area (Å²) in [5.74, 6) is 0.0733. The third-order valence-electron chi connectivity index (χ3n) is 2.07. The standard InChI is InChI=1S/C14H18O4/c1-5-10-6-7-12(15)11(8-10)9-17-13(16)18-14(2,3)4/h5-8,15H,1,9H2,2-4H3. The van der Waals surface area contributed by atoms with Gasteiger partial charge in [0.05, 0.1) is 0 Å². The predicted octanol–water partition coefficient (Wildman–Crippen LogP) is 3.49. The smallest absolute Gasteiger partial charge is 0.508 e. The zero-order chi connectivity index (χ0) is 13.8. The first kappa shape index (κ1) is 14.1. The molecule has 0 radical (unpaired) electrons. The van der Waals surface area contributed by atoms with Gasteiger partial charge in [0.25, 0.3) is 0 Å². The van der Waals surface area contributed by atoms with E-state index in [1.165, 1.54) is 6.07 Å². The van der Waals surface area contributed by atoms with Crippen LogP contribution in [-0.4, -0.2) is 16.9 Å². The van der Waals surface area contributed by atoms with Crippen LogP contribution in [0.2, 0.25) is 0 Å². The highest BCUT2D eigenvalue weighted by molar-refractivity contribution is 5.61. The van der Waals surface area contributed by atoms with Crippen LogP contribution in [0.5, 0.6) is 5.75 Å². The number of phenols is 1. The van der Waals surface area contributed by atoms with Crippen LogP contribution in [0.4, 0.5) is 4.79 Å². The lowest BCUT2D eigenvalue weighted by atomic mass is 10.1. The van der Waals surface area contributed by atoms with Crippen LogP contribution < -0.4 is 0 Å². The van der Waals surface area contributed by atoms with Crippen LogP contribution in [0, 0.1) is 0 Å². The fourth-order valence-corrected chi connectivity index (χ4v) is 1.26. The first-order valence-electron chi connectivity index (χ1n) is 5.62. The Morgan fingerprint density at radius 1 is 1.44 bits per heavy atom. The summed E-state index contributed by atoms with van der Waals surface area (Å²) in [7, 11) is 0. The Balaban J connectivity index is 2.63. The van der Waals surface area contributed by atoms with Crippen LogP contribution in [-0.2, 0) is 16.1 Å². The SMILES string of the molecule is C=Cc1ccc(O)c(COC(=O)OC(C)(C)C)c1. The fourth-order valence-electron chi connectivity index (χ4n) is 1.26. The molecular weight excluding hydrogens is 232 g/mol. The molecule has 0 spiro atoms. The van der Waals surface area contributed by atoms with Gasteiger partial charge in [-0.2, -0.15) is 0 Å². The van der Waals surface area contributed by atoms with E-state index in [2.05, 4.69) is 6.58 Å². The van der Waals surface area contributed by atoms with E-state index in [0.29, 0.717) is 5.56 Å². The monoisotopic (exact) mass is 250 g/mol. The van der Waals surface area contributed by atoms with Crippen LogP contribution in [0.1, 0.15) is 31.9 Å². The Bertz CT molecular complexity index is 444. The van der Waals surface area contributed by atoms with Crippen molar-refractivity contribution in [2.75, 3.05) is 0 Å². The van der Waals surface area contributed by atoms with Gasteiger partial charge in [0.1, 0.15) is 18.0 Å². The molecule has 0 bridgehead atoms. The first-order chi connectivity index (χ1) is 8.31. The summed E-state index contributed by atoms with van der Waals surface area (Å²) in [5, 5.41) is 9.61. The summed E-state index contributed by atoms with van der Waals surface area (Å²) in [6.45, 7) is 8.85. The second-order valence-electron chi connectivity index (χ2n) is 4.85. The highest BCUT2D eigenvalue weighted by Crippen LogP contribution is 2.20. The summed E-state index contributed by atoms with van der Waals surface area (Å²) in [6.07, 6.45) is 0.891. The maximum Gasteiger partial charge on any atom is 0.509 e. The van der Waals surface area contributed by atoms with E-state index >= 15 is 0 Å². The number of rotatable bonds is 3. The molecule has 0 aromatic heterocycles. The summed E-state index contributed by atoms with van der Waals surface area (Å²) in [4.78, 5) is 11.4. The summed E-state index contributed by atoms with van der Waals surface area (Å²) in [6, 6.07) is 4.96. The van der Waals surface area contributed by atoms with Gasteiger partial charge < -0.3 is 14.6 Å². The van der Waals surface area contributed by atoms with Gasteiger partial charge in [0.2, 0.25) is 0 Å². The highest BCUT2D eigenvalue weighted by atomic mass is 16.7. The van der Waals surface area contributed by atoms with Gasteiger partial charge in [0, 0.05) is 5.56 Å². The lowest BCUT2D eigenvalue weighted by Crippen LogP contribution is -2.24. The van der Waals surface area contributed by atoms with Gasteiger partial charge in [-0.3, -0.25) is 0 Å². The minimum atomic E-state index is -0.758. The second-order valence-corrected chi connectivity index (χ2v) is 4.85. The molecule has 0 amide bonds. The van der Waals surface area contributed by atoms with E-state index in [4.69, 9.17) is 9.47 Å². The summed E-state index contributed by atoms with van der Waals surface area (Å²) in [5.41, 5.74) is 0.760. The first-order valence-corrected chi connectivity index (χ1v) is 5.62. The Labute approximate surface area is 107 Å². The van der Waals surface area contributed by atoms with E-state index in [9.17, 15) is 9.90 Å². The van der Waals surface area contributed by atoms with Crippen molar-refractivity contribution in [3.05, 3.63) is 35.9 Å². The molecule has 1 N–H and O–H groups in total. The van der Waals surface area contributed by atoms with Crippen molar-refractivity contribution in [3.8, 4) is 5.75 Å². The number of benzene rings is 1. The maximum absolute atomic E-state index is 11.4. The topological polar surface area (TPSA) is 55.8 Å². The van der Waals surface area contributed by atoms with Crippen molar-refractivity contribution >= 4 is 12.2 Å². The Hall–Kier alpha value is -1.97. The van der Waals surface area contributed by atoms with Crippen molar-refractivity contribution in [1.29, 1.82) is 0 Å². The van der Waals surface area contributed by atoms with Gasteiger partial charge in [0.15, 0.2) is 0 Å². The van der Waals surface area contributed by atoms with Crippen LogP contribution in [0.15, 0.2) is 24.8 Å². The summed E-state index contributed by atoms with van der Waals surface area (Å²) < 4.78 is 9.92. The molecule has 18 heavy (non-hydrogen) atoms. The molecule has 1 aromatic carbocycles. The zero-order valence-electron chi connectivity index (χ0n) is 10.9. The molecule has 4 heteroatoms. The molecule has 0 fully saturated rings. The molecule has 0 heterocycles. The van der Waals surface area contributed by atoms with Gasteiger partial charge >= 0.3 is 6.16 Å². The van der Waals surface area contributed by atoms with E-state index < -0.39 is 11.8 Å². The van der Waals surface area contributed by atoms with Crippen molar-refractivity contribution < 1.29 is 19.4 Å². The number of aromatic hydroxyl groups is 1. The number of hydrogen-bond donors (Lipinski definition) is 1. The van der Waals surface area contributed by atoms with Gasteiger partial charge in [-0.05, 0) is 38.5 Å². The van der Waals surface area contributed by atoms with Crippen LogP contribution in [0.25, 0.3) is 6.08 Å². The number of ether oxygens (including phenoxy) is 2. The van der Waals surface area contributed by atoms with Gasteiger partial charge in [-0.1, -0.05) is 18.7 Å². The molecule has 1 aromatic rings. The average molecular weight is 250 g/mol. The second kappa shape index (κ2) is 5.58. The third-order valence-corrected chi connectivity index (χ3v) is 2.07. The molecular formula is C14H18O4. The summed E-state index contributed by atoms with van der Waals surface area (Å²) >= 11 is 0. The minimum Gasteiger partial charge on any atom is -0.508 e. The molecule has 0 aliphatic heterocycles. The molecule has 0 saturated carbocycles. The van der Waals surface area contributed by atoms with Gasteiger partial charge in [-0.15, -0.1) is 0 Å². The van der Waals surface area contributed by atoms with Crippen molar-refractivity contribution in [3.63, 3.8) is 0 Å². The number of carbonyl (C=O) groups is 1. The highest BCUT2D eigenvalue weighted by Gasteiger charge is 2.17. The van der Waals surface area contributed by atoms with Gasteiger partial charge in [-0.25, -0.2) is 4.79 Å². The number of carbonyl (C=O) groups excluding carboxylic acids is 1. The molecule has 1 rings (SSSR count). The Kier molecular flexibility index (Phi) is 4.37. The maximum atomic E-state index is 11.4. The largest absolute Gasteiger partial charge is 0.509 e. The predicted molar refractivity (Wildman–Crippen MR) is 69.2 cm³/mol. The zero-order valence-corrected chi connectivity index (χ0v) is 10.9. The van der Waals surface area contributed by atoms with Crippen LogP contribution >= 0.6 is 0 Å². The van der Waals surface area contributed by atoms with Crippen molar-refractivity contribution in [2.24, 2.45) is 0 Å². The Morgan fingerprint density at radius 3 is 2.67 bits per heavy atom. The quantitative estimate of drug-likeness (QED) is 0.834. The molecule has 0 unspecified atom stereocenters. The van der Waals surface area contributed by atoms with E-state index in [0.717, 1.165) is 5.56 Å². The molecule has 98 valence electrons. The molecule has 0 saturated heterocycles. The minimum absolute atomic E-state index is 0.0393. The number of hydrogen-bond acceptors (Lipinski definition) is 4. The molecule has 0 atom stereocenters. The molecule has 0 aliphatic rings. The third kappa shape index (κ3) is 4.49. The van der Waals surface area contributed by atoms with E-state index in [1.807, 2.05) is 0 Å². The van der Waals surface area contributed by atoms with E-state index in [1.54, 1.807) is 39.0 Å². The number of phenolic OH excluding ortho intramolecular Hbond substituents is 1. The van der Waals surface area contributed by atoms with E-state index in [-0.39, 0.29) is 12.4 Å². The van der Waals surface area contributed by atoms with Crippen molar-refractivity contribution in [1.82, 2.24) is 0 Å². The molecule has 0 aliphatic carbocycles. The lowest BCUT2D eigenvalue weighted by Gasteiger charge is -2.18. The average Bonchev–Trinajstić information content (AvgIpc) is 2.25. The lowest BCUT2D eigenvalue weighted by molar-refractivity contribution is -0.0109.